The molecule has 3 heterocycles. The van der Waals surface area contributed by atoms with Crippen molar-refractivity contribution in [1.82, 2.24) is 15.0 Å². The Hall–Kier alpha value is -3.34. The molecule has 0 spiro atoms. The third-order valence-electron chi connectivity index (χ3n) is 3.87. The first kappa shape index (κ1) is 14.3. The smallest absolute Gasteiger partial charge is 0.139 e. The third-order valence-corrected chi connectivity index (χ3v) is 3.87. The fraction of sp³-hybridized carbons (Fsp3) is 0.0526. The second kappa shape index (κ2) is 6.04. The van der Waals surface area contributed by atoms with Crippen LogP contribution in [0.3, 0.4) is 0 Å². The lowest BCUT2D eigenvalue weighted by molar-refractivity contribution is 0.415. The van der Waals surface area contributed by atoms with Crippen molar-refractivity contribution >= 4 is 22.4 Å². The van der Waals surface area contributed by atoms with Gasteiger partial charge in [0.1, 0.15) is 11.6 Å². The van der Waals surface area contributed by atoms with E-state index in [9.17, 15) is 0 Å². The highest BCUT2D eigenvalue weighted by molar-refractivity contribution is 5.95. The van der Waals surface area contributed by atoms with E-state index < -0.39 is 0 Å². The quantitative estimate of drug-likeness (QED) is 0.586. The van der Waals surface area contributed by atoms with Crippen LogP contribution in [0.1, 0.15) is 0 Å². The van der Waals surface area contributed by atoms with Crippen molar-refractivity contribution in [2.45, 2.75) is 0 Å². The van der Waals surface area contributed by atoms with Crippen LogP contribution in [-0.4, -0.2) is 22.1 Å². The highest BCUT2D eigenvalue weighted by Gasteiger charge is 2.09. The number of aromatic amines is 1. The number of fused-ring (bicyclic) bond motifs is 1. The number of aromatic nitrogens is 3. The van der Waals surface area contributed by atoms with Gasteiger partial charge < -0.3 is 15.0 Å². The highest BCUT2D eigenvalue weighted by atomic mass is 16.5. The number of hydrogen-bond acceptors (Lipinski definition) is 4. The van der Waals surface area contributed by atoms with E-state index in [0.717, 1.165) is 39.4 Å². The van der Waals surface area contributed by atoms with Gasteiger partial charge in [-0.15, -0.1) is 0 Å². The highest BCUT2D eigenvalue weighted by Crippen LogP contribution is 2.30. The molecule has 24 heavy (non-hydrogen) atoms. The Morgan fingerprint density at radius 1 is 1.00 bits per heavy atom. The molecular weight excluding hydrogens is 300 g/mol. The molecule has 0 aliphatic heterocycles. The van der Waals surface area contributed by atoms with E-state index >= 15 is 0 Å². The number of pyridine rings is 2. The summed E-state index contributed by atoms with van der Waals surface area (Å²) in [6, 6.07) is 15.9. The fourth-order valence-electron chi connectivity index (χ4n) is 2.67. The van der Waals surface area contributed by atoms with Gasteiger partial charge in [-0.25, -0.2) is 4.98 Å². The molecule has 0 atom stereocenters. The molecule has 4 aromatic rings. The average molecular weight is 316 g/mol. The lowest BCUT2D eigenvalue weighted by Crippen LogP contribution is -1.93. The monoisotopic (exact) mass is 316 g/mol. The first-order chi connectivity index (χ1) is 11.8. The van der Waals surface area contributed by atoms with E-state index in [1.165, 1.54) is 0 Å². The number of H-pyrrole nitrogens is 1. The van der Waals surface area contributed by atoms with E-state index in [-0.39, 0.29) is 0 Å². The van der Waals surface area contributed by atoms with Crippen molar-refractivity contribution in [2.75, 3.05) is 12.4 Å². The van der Waals surface area contributed by atoms with Crippen molar-refractivity contribution in [2.24, 2.45) is 0 Å². The second-order valence-corrected chi connectivity index (χ2v) is 5.40. The minimum atomic E-state index is 0.809. The molecule has 0 radical (unpaired) electrons. The van der Waals surface area contributed by atoms with Crippen LogP contribution >= 0.6 is 0 Å². The number of ether oxygens (including phenoxy) is 1. The third kappa shape index (κ3) is 2.67. The molecular formula is C19H16N4O. The number of methoxy groups -OCH3 is 1. The Morgan fingerprint density at radius 3 is 2.71 bits per heavy atom. The number of hydrogen-bond donors (Lipinski definition) is 2. The summed E-state index contributed by atoms with van der Waals surface area (Å²) in [7, 11) is 1.67. The summed E-state index contributed by atoms with van der Waals surface area (Å²) >= 11 is 0. The Balaban J connectivity index is 1.76. The first-order valence-corrected chi connectivity index (χ1v) is 7.63. The number of anilines is 2. The summed E-state index contributed by atoms with van der Waals surface area (Å²) in [5.41, 5.74) is 4.07. The molecule has 0 saturated carbocycles. The van der Waals surface area contributed by atoms with Crippen LogP contribution in [0.25, 0.3) is 22.2 Å². The topological polar surface area (TPSA) is 62.8 Å². The summed E-state index contributed by atoms with van der Waals surface area (Å²) < 4.78 is 5.31. The molecule has 5 heteroatoms. The van der Waals surface area contributed by atoms with Gasteiger partial charge in [-0.1, -0.05) is 12.1 Å². The zero-order chi connectivity index (χ0) is 16.4. The van der Waals surface area contributed by atoms with Crippen molar-refractivity contribution in [3.63, 3.8) is 0 Å². The summed E-state index contributed by atoms with van der Waals surface area (Å²) in [4.78, 5) is 11.9. The molecule has 0 aliphatic carbocycles. The summed E-state index contributed by atoms with van der Waals surface area (Å²) in [5.74, 6) is 1.64. The van der Waals surface area contributed by atoms with Crippen LogP contribution in [0.2, 0.25) is 0 Å². The predicted octanol–water partition coefficient (Wildman–Crippen LogP) is 4.38. The number of nitrogens with zero attached hydrogens (tertiary/aromatic N) is 2. The Kier molecular flexibility index (Phi) is 3.59. The van der Waals surface area contributed by atoms with E-state index in [1.807, 2.05) is 36.4 Å². The van der Waals surface area contributed by atoms with Crippen LogP contribution in [0.5, 0.6) is 5.75 Å². The molecule has 1 aromatic carbocycles. The maximum Gasteiger partial charge on any atom is 0.139 e. The molecule has 0 amide bonds. The van der Waals surface area contributed by atoms with Crippen molar-refractivity contribution in [1.29, 1.82) is 0 Å². The standard InChI is InChI=1S/C19H16N4O/c1-24-15-4-2-3-13(11-15)18-12-16-17(23-18)7-10-21-19(16)22-14-5-8-20-9-6-14/h2-12,23H,1H3,(H,20,21,22). The van der Waals surface area contributed by atoms with E-state index in [4.69, 9.17) is 4.74 Å². The SMILES string of the molecule is COc1cccc(-c2cc3c(Nc4ccncc4)nccc3[nH]2)c1. The van der Waals surface area contributed by atoms with Gasteiger partial charge in [-0.2, -0.15) is 0 Å². The lowest BCUT2D eigenvalue weighted by Gasteiger charge is -2.05. The predicted molar refractivity (Wildman–Crippen MR) is 95.6 cm³/mol. The van der Waals surface area contributed by atoms with Gasteiger partial charge in [0, 0.05) is 40.9 Å². The molecule has 0 bridgehead atoms. The molecule has 4 rings (SSSR count). The van der Waals surface area contributed by atoms with Crippen LogP contribution in [0.15, 0.2) is 67.1 Å². The van der Waals surface area contributed by atoms with Crippen molar-refractivity contribution in [3.8, 4) is 17.0 Å². The maximum atomic E-state index is 5.31. The van der Waals surface area contributed by atoms with Gasteiger partial charge in [-0.05, 0) is 36.4 Å². The van der Waals surface area contributed by atoms with Crippen molar-refractivity contribution < 1.29 is 4.74 Å². The molecule has 2 N–H and O–H groups in total. The van der Waals surface area contributed by atoms with E-state index in [0.29, 0.717) is 0 Å². The average Bonchev–Trinajstić information content (AvgIpc) is 3.08. The maximum absolute atomic E-state index is 5.31. The van der Waals surface area contributed by atoms with Crippen LogP contribution < -0.4 is 10.1 Å². The summed E-state index contributed by atoms with van der Waals surface area (Å²) in [5, 5.41) is 4.37. The van der Waals surface area contributed by atoms with Crippen LogP contribution in [0, 0.1) is 0 Å². The molecule has 3 aromatic heterocycles. The molecule has 118 valence electrons. The summed E-state index contributed by atoms with van der Waals surface area (Å²) in [6.07, 6.45) is 5.29. The Morgan fingerprint density at radius 2 is 1.88 bits per heavy atom. The molecule has 0 fully saturated rings. The number of rotatable bonds is 4. The number of benzene rings is 1. The zero-order valence-electron chi connectivity index (χ0n) is 13.2. The second-order valence-electron chi connectivity index (χ2n) is 5.40. The first-order valence-electron chi connectivity index (χ1n) is 7.63. The largest absolute Gasteiger partial charge is 0.497 e. The normalized spacial score (nSPS) is 10.7. The van der Waals surface area contributed by atoms with Gasteiger partial charge in [0.2, 0.25) is 0 Å². The van der Waals surface area contributed by atoms with Crippen LogP contribution in [0.4, 0.5) is 11.5 Å². The molecule has 5 nitrogen and oxygen atoms in total. The lowest BCUT2D eigenvalue weighted by atomic mass is 10.1. The van der Waals surface area contributed by atoms with Gasteiger partial charge in [0.05, 0.1) is 12.6 Å². The minimum absolute atomic E-state index is 0.809. The summed E-state index contributed by atoms with van der Waals surface area (Å²) in [6.45, 7) is 0. The van der Waals surface area contributed by atoms with Gasteiger partial charge in [0.25, 0.3) is 0 Å². The number of nitrogens with one attached hydrogen (secondary N) is 2. The molecule has 0 aliphatic rings. The molecule has 0 saturated heterocycles. The van der Waals surface area contributed by atoms with Gasteiger partial charge in [-0.3, -0.25) is 4.98 Å². The Labute approximate surface area is 139 Å². The van der Waals surface area contributed by atoms with Gasteiger partial charge in [0.15, 0.2) is 0 Å². The van der Waals surface area contributed by atoms with Crippen molar-refractivity contribution in [3.05, 3.63) is 67.1 Å². The zero-order valence-corrected chi connectivity index (χ0v) is 13.2. The molecule has 0 unspecified atom stereocenters. The van der Waals surface area contributed by atoms with E-state index in [2.05, 4.69) is 32.4 Å². The Bertz CT molecular complexity index is 979. The minimum Gasteiger partial charge on any atom is -0.497 e. The van der Waals surface area contributed by atoms with Gasteiger partial charge >= 0.3 is 0 Å². The van der Waals surface area contributed by atoms with E-state index in [1.54, 1.807) is 25.7 Å². The van der Waals surface area contributed by atoms with Crippen LogP contribution in [-0.2, 0) is 0 Å². The fourth-order valence-corrected chi connectivity index (χ4v) is 2.67.